The first kappa shape index (κ1) is 20.1. The fraction of sp³-hybridized carbons (Fsp3) is 0.0800. The standard InChI is InChI=1S/C25H21N3O3S/c1-16-7-11-20(12-8-16)32(29,30)28-27-17(2)19-10-14-24-23(15-19)26-22-13-9-18-5-3-4-6-21(18)25(22)31-24/h3-15,26,28H,1-2H3/b27-17+. The van der Waals surface area contributed by atoms with Crippen LogP contribution < -0.4 is 14.9 Å². The van der Waals surface area contributed by atoms with Gasteiger partial charge < -0.3 is 10.1 Å². The molecule has 0 atom stereocenters. The molecule has 0 amide bonds. The normalized spacial score (nSPS) is 13.0. The molecule has 1 heterocycles. The molecule has 0 bridgehead atoms. The number of nitrogens with one attached hydrogen (secondary N) is 2. The van der Waals surface area contributed by atoms with Crippen LogP contribution in [0.2, 0.25) is 0 Å². The van der Waals surface area contributed by atoms with Gasteiger partial charge in [-0.1, -0.05) is 48.0 Å². The van der Waals surface area contributed by atoms with Gasteiger partial charge in [0.25, 0.3) is 10.0 Å². The Hall–Kier alpha value is -3.84. The highest BCUT2D eigenvalue weighted by molar-refractivity contribution is 7.89. The van der Waals surface area contributed by atoms with Crippen LogP contribution >= 0.6 is 0 Å². The maximum absolute atomic E-state index is 12.5. The number of anilines is 2. The van der Waals surface area contributed by atoms with Gasteiger partial charge in [-0.05, 0) is 61.2 Å². The SMILES string of the molecule is C/C(=N\NS(=O)(=O)c1ccc(C)cc1)c1ccc2c(c1)Nc1ccc3ccccc3c1O2. The van der Waals surface area contributed by atoms with Gasteiger partial charge in [0.05, 0.1) is 22.0 Å². The summed E-state index contributed by atoms with van der Waals surface area (Å²) in [5.74, 6) is 1.49. The van der Waals surface area contributed by atoms with Crippen LogP contribution in [0.5, 0.6) is 11.5 Å². The zero-order valence-corrected chi connectivity index (χ0v) is 18.4. The Morgan fingerprint density at radius 2 is 1.72 bits per heavy atom. The minimum absolute atomic E-state index is 0.170. The molecule has 0 saturated heterocycles. The Morgan fingerprint density at radius 1 is 0.938 bits per heavy atom. The molecule has 0 unspecified atom stereocenters. The maximum Gasteiger partial charge on any atom is 0.276 e. The lowest BCUT2D eigenvalue weighted by Crippen LogP contribution is -2.20. The van der Waals surface area contributed by atoms with E-state index in [1.807, 2.05) is 55.5 Å². The van der Waals surface area contributed by atoms with Crippen LogP contribution in [0.4, 0.5) is 11.4 Å². The summed E-state index contributed by atoms with van der Waals surface area (Å²) in [6, 6.07) is 24.3. The second kappa shape index (κ2) is 7.69. The molecule has 1 aliphatic heterocycles. The first-order valence-corrected chi connectivity index (χ1v) is 11.6. The van der Waals surface area contributed by atoms with Crippen molar-refractivity contribution < 1.29 is 13.2 Å². The van der Waals surface area contributed by atoms with Gasteiger partial charge in [0.1, 0.15) is 0 Å². The van der Waals surface area contributed by atoms with Crippen molar-refractivity contribution >= 4 is 37.9 Å². The van der Waals surface area contributed by atoms with E-state index < -0.39 is 10.0 Å². The van der Waals surface area contributed by atoms with Gasteiger partial charge in [-0.15, -0.1) is 0 Å². The fourth-order valence-corrected chi connectivity index (χ4v) is 4.47. The smallest absolute Gasteiger partial charge is 0.276 e. The molecule has 0 fully saturated rings. The molecule has 2 N–H and O–H groups in total. The zero-order chi connectivity index (χ0) is 22.3. The number of hydrogen-bond donors (Lipinski definition) is 2. The number of fused-ring (bicyclic) bond motifs is 4. The van der Waals surface area contributed by atoms with E-state index in [1.54, 1.807) is 31.2 Å². The first-order valence-electron chi connectivity index (χ1n) is 10.1. The number of hydrogen-bond acceptors (Lipinski definition) is 5. The summed E-state index contributed by atoms with van der Waals surface area (Å²) in [5.41, 5.74) is 3.97. The molecular formula is C25H21N3O3S. The van der Waals surface area contributed by atoms with Gasteiger partial charge in [0, 0.05) is 5.39 Å². The molecule has 4 aromatic rings. The van der Waals surface area contributed by atoms with Crippen LogP contribution in [0.1, 0.15) is 18.1 Å². The van der Waals surface area contributed by atoms with Crippen LogP contribution in [0.15, 0.2) is 88.9 Å². The summed E-state index contributed by atoms with van der Waals surface area (Å²) < 4.78 is 31.2. The van der Waals surface area contributed by atoms with Crippen LogP contribution in [0.3, 0.4) is 0 Å². The van der Waals surface area contributed by atoms with Crippen LogP contribution in [0, 0.1) is 6.92 Å². The van der Waals surface area contributed by atoms with E-state index in [2.05, 4.69) is 21.3 Å². The van der Waals surface area contributed by atoms with E-state index in [0.29, 0.717) is 11.5 Å². The number of ether oxygens (including phenoxy) is 1. The van der Waals surface area contributed by atoms with Crippen LogP contribution in [0.25, 0.3) is 10.8 Å². The number of aryl methyl sites for hydroxylation is 1. The summed E-state index contributed by atoms with van der Waals surface area (Å²) in [7, 11) is -3.74. The van der Waals surface area contributed by atoms with E-state index in [4.69, 9.17) is 4.74 Å². The molecule has 6 nitrogen and oxygen atoms in total. The van der Waals surface area contributed by atoms with E-state index in [1.165, 1.54) is 0 Å². The minimum Gasteiger partial charge on any atom is -0.452 e. The minimum atomic E-state index is -3.74. The number of nitrogens with zero attached hydrogens (tertiary/aromatic N) is 1. The number of rotatable bonds is 4. The van der Waals surface area contributed by atoms with Gasteiger partial charge >= 0.3 is 0 Å². The third-order valence-electron chi connectivity index (χ3n) is 5.42. The average molecular weight is 444 g/mol. The lowest BCUT2D eigenvalue weighted by Gasteiger charge is -2.23. The molecule has 0 aromatic heterocycles. The average Bonchev–Trinajstić information content (AvgIpc) is 2.81. The Labute approximate surface area is 186 Å². The summed E-state index contributed by atoms with van der Waals surface area (Å²) >= 11 is 0. The predicted octanol–water partition coefficient (Wildman–Crippen LogP) is 5.70. The topological polar surface area (TPSA) is 79.8 Å². The molecule has 0 saturated carbocycles. The monoisotopic (exact) mass is 443 g/mol. The van der Waals surface area contributed by atoms with Crippen molar-refractivity contribution in [1.82, 2.24) is 4.83 Å². The number of benzene rings is 4. The maximum atomic E-state index is 12.5. The highest BCUT2D eigenvalue weighted by Gasteiger charge is 2.20. The molecule has 32 heavy (non-hydrogen) atoms. The van der Waals surface area contributed by atoms with E-state index in [9.17, 15) is 8.42 Å². The second-order valence-corrected chi connectivity index (χ2v) is 9.37. The third-order valence-corrected chi connectivity index (χ3v) is 6.65. The summed E-state index contributed by atoms with van der Waals surface area (Å²) in [6.07, 6.45) is 0. The molecule has 5 rings (SSSR count). The molecule has 0 aliphatic carbocycles. The predicted molar refractivity (Wildman–Crippen MR) is 127 cm³/mol. The summed E-state index contributed by atoms with van der Waals surface area (Å²) in [5, 5.41) is 9.67. The van der Waals surface area contributed by atoms with Crippen molar-refractivity contribution in [1.29, 1.82) is 0 Å². The largest absolute Gasteiger partial charge is 0.452 e. The number of hydrazone groups is 1. The first-order chi connectivity index (χ1) is 15.4. The van der Waals surface area contributed by atoms with Crippen molar-refractivity contribution in [2.75, 3.05) is 5.32 Å². The summed E-state index contributed by atoms with van der Waals surface area (Å²) in [6.45, 7) is 3.66. The Bertz CT molecular complexity index is 1480. The van der Waals surface area contributed by atoms with E-state index in [-0.39, 0.29) is 4.90 Å². The van der Waals surface area contributed by atoms with Gasteiger partial charge in [-0.2, -0.15) is 18.4 Å². The van der Waals surface area contributed by atoms with Crippen molar-refractivity contribution in [2.45, 2.75) is 18.7 Å². The molecule has 7 heteroatoms. The van der Waals surface area contributed by atoms with Gasteiger partial charge in [0.2, 0.25) is 0 Å². The van der Waals surface area contributed by atoms with E-state index >= 15 is 0 Å². The Balaban J connectivity index is 1.40. The quantitative estimate of drug-likeness (QED) is 0.276. The van der Waals surface area contributed by atoms with Crippen molar-refractivity contribution in [3.05, 3.63) is 90.0 Å². The second-order valence-electron chi connectivity index (χ2n) is 7.71. The summed E-state index contributed by atoms with van der Waals surface area (Å²) in [4.78, 5) is 2.49. The van der Waals surface area contributed by atoms with Gasteiger partial charge in [-0.3, -0.25) is 0 Å². The Morgan fingerprint density at radius 3 is 2.53 bits per heavy atom. The molecular weight excluding hydrogens is 422 g/mol. The molecule has 0 radical (unpaired) electrons. The fourth-order valence-electron chi connectivity index (χ4n) is 3.61. The lowest BCUT2D eigenvalue weighted by molar-refractivity contribution is 0.487. The van der Waals surface area contributed by atoms with Gasteiger partial charge in [-0.25, -0.2) is 0 Å². The highest BCUT2D eigenvalue weighted by atomic mass is 32.2. The molecule has 160 valence electrons. The van der Waals surface area contributed by atoms with Crippen LogP contribution in [-0.4, -0.2) is 14.1 Å². The van der Waals surface area contributed by atoms with Gasteiger partial charge in [0.15, 0.2) is 11.5 Å². The number of sulfonamides is 1. The third kappa shape index (κ3) is 3.67. The van der Waals surface area contributed by atoms with Crippen LogP contribution in [-0.2, 0) is 10.0 Å². The highest BCUT2D eigenvalue weighted by Crippen LogP contribution is 2.45. The molecule has 0 spiro atoms. The van der Waals surface area contributed by atoms with Crippen molar-refractivity contribution in [3.63, 3.8) is 0 Å². The Kier molecular flexibility index (Phi) is 4.83. The molecule has 1 aliphatic rings. The molecule has 4 aromatic carbocycles. The van der Waals surface area contributed by atoms with Crippen molar-refractivity contribution in [3.8, 4) is 11.5 Å². The van der Waals surface area contributed by atoms with Crippen molar-refractivity contribution in [2.24, 2.45) is 5.10 Å². The zero-order valence-electron chi connectivity index (χ0n) is 17.6. The van der Waals surface area contributed by atoms with E-state index in [0.717, 1.165) is 39.0 Å². The lowest BCUT2D eigenvalue weighted by atomic mass is 10.1.